The molecule has 2 aromatic carbocycles. The first-order valence-electron chi connectivity index (χ1n) is 6.68. The lowest BCUT2D eigenvalue weighted by Gasteiger charge is -2.17. The molecule has 0 aromatic heterocycles. The molecular weight excluding hydrogens is 303 g/mol. The molecule has 0 amide bonds. The van der Waals surface area contributed by atoms with Crippen molar-refractivity contribution in [3.8, 4) is 6.07 Å². The first-order valence-corrected chi connectivity index (χ1v) is 7.43. The minimum atomic E-state index is -0.437. The van der Waals surface area contributed by atoms with E-state index >= 15 is 0 Å². The lowest BCUT2D eigenvalue weighted by Crippen LogP contribution is -2.04. The van der Waals surface area contributed by atoms with Crippen LogP contribution in [0.15, 0.2) is 36.4 Å². The minimum absolute atomic E-state index is 0.269. The maximum absolute atomic E-state index is 9.55. The molecule has 0 aliphatic rings. The summed E-state index contributed by atoms with van der Waals surface area (Å²) in [6.07, 6.45) is 0. The van der Waals surface area contributed by atoms with Crippen molar-refractivity contribution in [2.24, 2.45) is 0 Å². The molecule has 0 spiro atoms. The van der Waals surface area contributed by atoms with Crippen LogP contribution in [0.1, 0.15) is 42.4 Å². The number of hydrogen-bond donors (Lipinski definition) is 1. The molecule has 0 radical (unpaired) electrons. The predicted molar refractivity (Wildman–Crippen MR) is 88.9 cm³/mol. The Morgan fingerprint density at radius 2 is 1.67 bits per heavy atom. The highest BCUT2D eigenvalue weighted by atomic mass is 35.5. The highest BCUT2D eigenvalue weighted by Crippen LogP contribution is 2.35. The number of nitriles is 1. The van der Waals surface area contributed by atoms with Crippen molar-refractivity contribution in [3.63, 3.8) is 0 Å². The lowest BCUT2D eigenvalue weighted by molar-refractivity contribution is 0.864. The van der Waals surface area contributed by atoms with Crippen molar-refractivity contribution in [3.05, 3.63) is 63.1 Å². The zero-order valence-electron chi connectivity index (χ0n) is 11.9. The summed E-state index contributed by atoms with van der Waals surface area (Å²) in [5.41, 5.74) is 9.31. The van der Waals surface area contributed by atoms with Gasteiger partial charge < -0.3 is 5.73 Å². The van der Waals surface area contributed by atoms with Crippen LogP contribution in [0.25, 0.3) is 0 Å². The molecule has 1 atom stereocenters. The van der Waals surface area contributed by atoms with E-state index < -0.39 is 5.92 Å². The van der Waals surface area contributed by atoms with Gasteiger partial charge in [-0.25, -0.2) is 0 Å². The summed E-state index contributed by atoms with van der Waals surface area (Å²) in [7, 11) is 0. The number of nitrogens with two attached hydrogens (primary N) is 1. The molecule has 21 heavy (non-hydrogen) atoms. The third-order valence-corrected chi connectivity index (χ3v) is 4.05. The van der Waals surface area contributed by atoms with E-state index in [1.807, 2.05) is 18.2 Å². The SMILES string of the molecule is CC(C)c1cc(C(C#N)c2ccc(Cl)cc2)c(Cl)cc1N. The van der Waals surface area contributed by atoms with Gasteiger partial charge in [0, 0.05) is 15.7 Å². The third-order valence-electron chi connectivity index (χ3n) is 3.47. The van der Waals surface area contributed by atoms with E-state index in [2.05, 4.69) is 19.9 Å². The number of rotatable bonds is 3. The van der Waals surface area contributed by atoms with Gasteiger partial charge in [-0.05, 0) is 40.8 Å². The molecule has 0 saturated heterocycles. The molecule has 2 aromatic rings. The fourth-order valence-corrected chi connectivity index (χ4v) is 2.73. The van der Waals surface area contributed by atoms with Crippen molar-refractivity contribution >= 4 is 28.9 Å². The van der Waals surface area contributed by atoms with Crippen molar-refractivity contribution in [2.45, 2.75) is 25.7 Å². The van der Waals surface area contributed by atoms with E-state index in [0.717, 1.165) is 16.7 Å². The van der Waals surface area contributed by atoms with Crippen molar-refractivity contribution in [2.75, 3.05) is 5.73 Å². The van der Waals surface area contributed by atoms with Crippen molar-refractivity contribution in [1.29, 1.82) is 5.26 Å². The number of hydrogen-bond acceptors (Lipinski definition) is 2. The highest BCUT2D eigenvalue weighted by molar-refractivity contribution is 6.32. The van der Waals surface area contributed by atoms with E-state index in [1.54, 1.807) is 18.2 Å². The molecule has 0 heterocycles. The third kappa shape index (κ3) is 3.32. The van der Waals surface area contributed by atoms with E-state index in [-0.39, 0.29) is 5.92 Å². The average Bonchev–Trinajstić information content (AvgIpc) is 2.43. The fourth-order valence-electron chi connectivity index (χ4n) is 2.32. The largest absolute Gasteiger partial charge is 0.398 e. The summed E-state index contributed by atoms with van der Waals surface area (Å²) in [4.78, 5) is 0. The maximum Gasteiger partial charge on any atom is 0.0977 e. The topological polar surface area (TPSA) is 49.8 Å². The van der Waals surface area contributed by atoms with E-state index in [9.17, 15) is 5.26 Å². The van der Waals surface area contributed by atoms with Crippen LogP contribution in [0.5, 0.6) is 0 Å². The Morgan fingerprint density at radius 3 is 2.19 bits per heavy atom. The van der Waals surface area contributed by atoms with Gasteiger partial charge in [-0.3, -0.25) is 0 Å². The van der Waals surface area contributed by atoms with Crippen LogP contribution in [0.3, 0.4) is 0 Å². The van der Waals surface area contributed by atoms with Crippen molar-refractivity contribution < 1.29 is 0 Å². The zero-order valence-corrected chi connectivity index (χ0v) is 13.4. The molecular formula is C17H16Cl2N2. The normalized spacial score (nSPS) is 12.2. The van der Waals surface area contributed by atoms with Gasteiger partial charge in [-0.1, -0.05) is 55.2 Å². The van der Waals surface area contributed by atoms with E-state index in [4.69, 9.17) is 28.9 Å². The van der Waals surface area contributed by atoms with Crippen LogP contribution in [0.4, 0.5) is 5.69 Å². The standard InChI is InChI=1S/C17H16Cl2N2/c1-10(2)13-7-14(16(19)8-17(13)21)15(9-20)11-3-5-12(18)6-4-11/h3-8,10,15H,21H2,1-2H3. The van der Waals surface area contributed by atoms with E-state index in [0.29, 0.717) is 15.7 Å². The fraction of sp³-hybridized carbons (Fsp3) is 0.235. The maximum atomic E-state index is 9.55. The van der Waals surface area contributed by atoms with Gasteiger partial charge >= 0.3 is 0 Å². The van der Waals surface area contributed by atoms with Gasteiger partial charge in [0.05, 0.1) is 12.0 Å². The van der Waals surface area contributed by atoms with E-state index in [1.165, 1.54) is 0 Å². The average molecular weight is 319 g/mol. The molecule has 0 saturated carbocycles. The molecule has 4 heteroatoms. The Balaban J connectivity index is 2.55. The first-order chi connectivity index (χ1) is 9.93. The summed E-state index contributed by atoms with van der Waals surface area (Å²) < 4.78 is 0. The molecule has 0 bridgehead atoms. The Kier molecular flexibility index (Phi) is 4.77. The molecule has 108 valence electrons. The number of benzene rings is 2. The number of anilines is 1. The van der Waals surface area contributed by atoms with Crippen LogP contribution in [-0.4, -0.2) is 0 Å². The summed E-state index contributed by atoms with van der Waals surface area (Å²) in [6, 6.07) is 13.2. The second-order valence-corrected chi connectivity index (χ2v) is 6.11. The number of nitrogens with zero attached hydrogens (tertiary/aromatic N) is 1. The molecule has 0 fully saturated rings. The van der Waals surface area contributed by atoms with Crippen LogP contribution in [-0.2, 0) is 0 Å². The van der Waals surface area contributed by atoms with Gasteiger partial charge in [0.1, 0.15) is 0 Å². The Morgan fingerprint density at radius 1 is 1.05 bits per heavy atom. The molecule has 0 aliphatic heterocycles. The molecule has 0 aliphatic carbocycles. The van der Waals surface area contributed by atoms with Gasteiger partial charge in [0.2, 0.25) is 0 Å². The van der Waals surface area contributed by atoms with Crippen LogP contribution in [0.2, 0.25) is 10.0 Å². The summed E-state index contributed by atoms with van der Waals surface area (Å²) >= 11 is 12.2. The van der Waals surface area contributed by atoms with Gasteiger partial charge in [0.15, 0.2) is 0 Å². The first kappa shape index (κ1) is 15.7. The van der Waals surface area contributed by atoms with Gasteiger partial charge in [0.25, 0.3) is 0 Å². The van der Waals surface area contributed by atoms with Crippen LogP contribution >= 0.6 is 23.2 Å². The Labute approximate surface area is 135 Å². The monoisotopic (exact) mass is 318 g/mol. The van der Waals surface area contributed by atoms with Crippen LogP contribution in [0, 0.1) is 11.3 Å². The highest BCUT2D eigenvalue weighted by Gasteiger charge is 2.19. The molecule has 1 unspecified atom stereocenters. The van der Waals surface area contributed by atoms with Gasteiger partial charge in [-0.15, -0.1) is 0 Å². The van der Waals surface area contributed by atoms with Crippen molar-refractivity contribution in [1.82, 2.24) is 0 Å². The number of nitrogen functional groups attached to an aromatic ring is 1. The molecule has 2 nitrogen and oxygen atoms in total. The quantitative estimate of drug-likeness (QED) is 0.775. The number of halogens is 2. The summed E-state index contributed by atoms with van der Waals surface area (Å²) in [5.74, 6) is -0.168. The minimum Gasteiger partial charge on any atom is -0.398 e. The molecule has 2 rings (SSSR count). The van der Waals surface area contributed by atoms with Gasteiger partial charge in [-0.2, -0.15) is 5.26 Å². The second kappa shape index (κ2) is 6.39. The van der Waals surface area contributed by atoms with Crippen LogP contribution < -0.4 is 5.73 Å². The summed E-state index contributed by atoms with van der Waals surface area (Å²) in [6.45, 7) is 4.13. The Bertz CT molecular complexity index is 685. The lowest BCUT2D eigenvalue weighted by atomic mass is 9.89. The molecule has 2 N–H and O–H groups in total. The smallest absolute Gasteiger partial charge is 0.0977 e. The zero-order chi connectivity index (χ0) is 15.6. The second-order valence-electron chi connectivity index (χ2n) is 5.27. The summed E-state index contributed by atoms with van der Waals surface area (Å²) in [5, 5.41) is 10.7. The Hall–Kier alpha value is -1.69. The predicted octanol–water partition coefficient (Wildman–Crippen LogP) is 5.35.